The molecule has 1 amide bonds. The highest BCUT2D eigenvalue weighted by atomic mass is 19.1. The molecule has 1 aromatic rings. The van der Waals surface area contributed by atoms with Gasteiger partial charge in [0.1, 0.15) is 12.4 Å². The van der Waals surface area contributed by atoms with Gasteiger partial charge < -0.3 is 19.3 Å². The Morgan fingerprint density at radius 1 is 1.18 bits per heavy atom. The Morgan fingerprint density at radius 3 is 2.71 bits per heavy atom. The van der Waals surface area contributed by atoms with Gasteiger partial charge in [-0.25, -0.2) is 4.39 Å². The molecule has 2 aliphatic rings. The van der Waals surface area contributed by atoms with Crippen molar-refractivity contribution in [3.05, 3.63) is 35.6 Å². The smallest absolute Gasteiger partial charge is 0.305 e. The minimum atomic E-state index is -0.280. The Labute approximate surface area is 165 Å². The number of ether oxygens (including phenoxy) is 2. The van der Waals surface area contributed by atoms with Crippen LogP contribution in [0.15, 0.2) is 24.3 Å². The van der Waals surface area contributed by atoms with Crippen LogP contribution in [0.5, 0.6) is 0 Å². The molecule has 0 radical (unpaired) electrons. The molecule has 1 aromatic carbocycles. The van der Waals surface area contributed by atoms with Crippen LogP contribution in [0.4, 0.5) is 4.39 Å². The second-order valence-corrected chi connectivity index (χ2v) is 7.70. The highest BCUT2D eigenvalue weighted by molar-refractivity contribution is 5.78. The zero-order valence-electron chi connectivity index (χ0n) is 16.6. The van der Waals surface area contributed by atoms with Crippen LogP contribution in [0.2, 0.25) is 0 Å². The number of esters is 1. The third-order valence-corrected chi connectivity index (χ3v) is 5.85. The molecule has 3 rings (SSSR count). The van der Waals surface area contributed by atoms with Crippen LogP contribution in [0.1, 0.15) is 30.9 Å². The summed E-state index contributed by atoms with van der Waals surface area (Å²) in [6, 6.07) is 6.46. The van der Waals surface area contributed by atoms with Gasteiger partial charge in [-0.2, -0.15) is 0 Å². The Balaban J connectivity index is 1.65. The van der Waals surface area contributed by atoms with Gasteiger partial charge in [-0.05, 0) is 43.0 Å². The number of unbranched alkanes of at least 4 members (excludes halogenated alkanes) is 1. The van der Waals surface area contributed by atoms with E-state index in [0.29, 0.717) is 18.9 Å². The Kier molecular flexibility index (Phi) is 7.02. The van der Waals surface area contributed by atoms with Crippen LogP contribution in [0.25, 0.3) is 0 Å². The number of nitrogens with zero attached hydrogens (tertiary/aromatic N) is 2. The molecule has 0 unspecified atom stereocenters. The third-order valence-electron chi connectivity index (χ3n) is 5.85. The largest absolute Gasteiger partial charge is 0.469 e. The number of hydrogen-bond donors (Lipinski definition) is 0. The summed E-state index contributed by atoms with van der Waals surface area (Å²) in [5.41, 5.74) is 0.851. The molecule has 0 spiro atoms. The minimum Gasteiger partial charge on any atom is -0.469 e. The highest BCUT2D eigenvalue weighted by Gasteiger charge is 2.48. The van der Waals surface area contributed by atoms with E-state index < -0.39 is 0 Å². The maximum absolute atomic E-state index is 13.8. The summed E-state index contributed by atoms with van der Waals surface area (Å²) < 4.78 is 23.6. The number of methoxy groups -OCH3 is 2. The monoisotopic (exact) mass is 392 g/mol. The van der Waals surface area contributed by atoms with E-state index in [-0.39, 0.29) is 36.3 Å². The van der Waals surface area contributed by atoms with Crippen molar-refractivity contribution in [2.24, 2.45) is 11.8 Å². The van der Waals surface area contributed by atoms with E-state index in [2.05, 4.69) is 9.64 Å². The fourth-order valence-corrected chi connectivity index (χ4v) is 4.61. The Bertz CT molecular complexity index is 699. The first kappa shape index (κ1) is 20.7. The molecule has 2 saturated heterocycles. The predicted octanol–water partition coefficient (Wildman–Crippen LogP) is 2.25. The lowest BCUT2D eigenvalue weighted by atomic mass is 9.89. The molecule has 2 fully saturated rings. The second-order valence-electron chi connectivity index (χ2n) is 7.70. The number of halogens is 1. The fourth-order valence-electron chi connectivity index (χ4n) is 4.61. The van der Waals surface area contributed by atoms with Gasteiger partial charge in [0.25, 0.3) is 0 Å². The van der Waals surface area contributed by atoms with E-state index >= 15 is 0 Å². The van der Waals surface area contributed by atoms with Crippen molar-refractivity contribution in [3.63, 3.8) is 0 Å². The molecule has 0 saturated carbocycles. The number of amides is 1. The van der Waals surface area contributed by atoms with E-state index in [9.17, 15) is 14.0 Å². The zero-order valence-corrected chi connectivity index (χ0v) is 16.6. The van der Waals surface area contributed by atoms with Gasteiger partial charge in [-0.15, -0.1) is 0 Å². The first-order valence-corrected chi connectivity index (χ1v) is 9.86. The van der Waals surface area contributed by atoms with E-state index in [1.807, 2.05) is 11.0 Å². The predicted molar refractivity (Wildman–Crippen MR) is 102 cm³/mol. The standard InChI is InChI=1S/C21H29FN2O4/c1-27-14-19(25)24-12-16-11-23(9-4-3-8-20(26)28-2)13-18(16)21(24)15-6-5-7-17(22)10-15/h5-7,10,16,18,21H,3-4,8-9,11-14H2,1-2H3/t16-,18-,21+/m1/s1. The van der Waals surface area contributed by atoms with Crippen LogP contribution in [-0.4, -0.2) is 68.7 Å². The Morgan fingerprint density at radius 2 is 2.00 bits per heavy atom. The summed E-state index contributed by atoms with van der Waals surface area (Å²) >= 11 is 0. The van der Waals surface area contributed by atoms with E-state index in [0.717, 1.165) is 38.0 Å². The molecule has 2 heterocycles. The van der Waals surface area contributed by atoms with Crippen molar-refractivity contribution in [1.82, 2.24) is 9.80 Å². The summed E-state index contributed by atoms with van der Waals surface area (Å²) in [5, 5.41) is 0. The van der Waals surface area contributed by atoms with Crippen molar-refractivity contribution in [1.29, 1.82) is 0 Å². The van der Waals surface area contributed by atoms with E-state index in [1.165, 1.54) is 20.3 Å². The van der Waals surface area contributed by atoms with Gasteiger partial charge in [0, 0.05) is 39.1 Å². The third kappa shape index (κ3) is 4.70. The minimum absolute atomic E-state index is 0.0441. The molecule has 3 atom stereocenters. The molecule has 6 nitrogen and oxygen atoms in total. The summed E-state index contributed by atoms with van der Waals surface area (Å²) in [5.74, 6) is 0.156. The van der Waals surface area contributed by atoms with E-state index in [1.54, 1.807) is 12.1 Å². The van der Waals surface area contributed by atoms with Gasteiger partial charge >= 0.3 is 5.97 Å². The molecular weight excluding hydrogens is 363 g/mol. The number of likely N-dealkylation sites (tertiary alicyclic amines) is 2. The first-order chi connectivity index (χ1) is 13.5. The lowest BCUT2D eigenvalue weighted by Gasteiger charge is -2.30. The average Bonchev–Trinajstić information content (AvgIpc) is 3.22. The number of carbonyl (C=O) groups is 2. The van der Waals surface area contributed by atoms with Gasteiger partial charge in [0.05, 0.1) is 13.2 Å². The normalized spacial score (nSPS) is 24.4. The number of benzene rings is 1. The van der Waals surface area contributed by atoms with Crippen LogP contribution in [-0.2, 0) is 19.1 Å². The van der Waals surface area contributed by atoms with Gasteiger partial charge in [0.2, 0.25) is 5.91 Å². The lowest BCUT2D eigenvalue weighted by Crippen LogP contribution is -2.37. The van der Waals surface area contributed by atoms with Crippen LogP contribution < -0.4 is 0 Å². The molecule has 2 aliphatic heterocycles. The maximum Gasteiger partial charge on any atom is 0.305 e. The zero-order chi connectivity index (χ0) is 20.1. The Hall–Kier alpha value is -1.99. The molecular formula is C21H29FN2O4. The summed E-state index contributed by atoms with van der Waals surface area (Å²) in [4.78, 5) is 28.1. The summed E-state index contributed by atoms with van der Waals surface area (Å²) in [7, 11) is 2.93. The number of rotatable bonds is 8. The van der Waals surface area contributed by atoms with Gasteiger partial charge in [0.15, 0.2) is 0 Å². The molecule has 154 valence electrons. The van der Waals surface area contributed by atoms with Crippen LogP contribution in [0.3, 0.4) is 0 Å². The van der Waals surface area contributed by atoms with Crippen LogP contribution >= 0.6 is 0 Å². The van der Waals surface area contributed by atoms with Crippen molar-refractivity contribution in [2.45, 2.75) is 25.3 Å². The molecule has 0 N–H and O–H groups in total. The quantitative estimate of drug-likeness (QED) is 0.502. The topological polar surface area (TPSA) is 59.1 Å². The second kappa shape index (κ2) is 9.47. The highest BCUT2D eigenvalue weighted by Crippen LogP contribution is 2.45. The molecule has 7 heteroatoms. The van der Waals surface area contributed by atoms with Gasteiger partial charge in [-0.3, -0.25) is 9.59 Å². The molecule has 0 aromatic heterocycles. The lowest BCUT2D eigenvalue weighted by molar-refractivity contribution is -0.140. The van der Waals surface area contributed by atoms with Crippen molar-refractivity contribution in [2.75, 3.05) is 47.0 Å². The number of carbonyl (C=O) groups excluding carboxylic acids is 2. The van der Waals surface area contributed by atoms with E-state index in [4.69, 9.17) is 4.74 Å². The fraction of sp³-hybridized carbons (Fsp3) is 0.619. The van der Waals surface area contributed by atoms with Gasteiger partial charge in [-0.1, -0.05) is 12.1 Å². The molecule has 0 bridgehead atoms. The first-order valence-electron chi connectivity index (χ1n) is 9.86. The van der Waals surface area contributed by atoms with Crippen molar-refractivity contribution >= 4 is 11.9 Å². The molecule has 28 heavy (non-hydrogen) atoms. The summed E-state index contributed by atoms with van der Waals surface area (Å²) in [6.45, 7) is 3.44. The average molecular weight is 392 g/mol. The number of fused-ring (bicyclic) bond motifs is 1. The maximum atomic E-state index is 13.8. The number of hydrogen-bond acceptors (Lipinski definition) is 5. The van der Waals surface area contributed by atoms with Crippen molar-refractivity contribution < 1.29 is 23.5 Å². The summed E-state index contributed by atoms with van der Waals surface area (Å²) in [6.07, 6.45) is 2.19. The van der Waals surface area contributed by atoms with Crippen molar-refractivity contribution in [3.8, 4) is 0 Å². The SMILES string of the molecule is COCC(=O)N1C[C@H]2CN(CCCCC(=O)OC)C[C@H]2[C@@H]1c1cccc(F)c1. The van der Waals surface area contributed by atoms with Crippen LogP contribution in [0, 0.1) is 17.7 Å². The molecule has 0 aliphatic carbocycles.